The largest absolute Gasteiger partial charge is 0.480 e. The molecule has 0 saturated heterocycles. The van der Waals surface area contributed by atoms with Gasteiger partial charge in [-0.25, -0.2) is 0 Å². The van der Waals surface area contributed by atoms with Crippen molar-refractivity contribution in [3.63, 3.8) is 0 Å². The van der Waals surface area contributed by atoms with E-state index in [0.29, 0.717) is 12.4 Å². The Labute approximate surface area is 87.7 Å². The third kappa shape index (κ3) is 3.01. The first kappa shape index (κ1) is 11.0. The molecule has 1 unspecified atom stereocenters. The fourth-order valence-corrected chi connectivity index (χ4v) is 1.30. The van der Waals surface area contributed by atoms with Crippen LogP contribution in [0.2, 0.25) is 0 Å². The second-order valence-electron chi connectivity index (χ2n) is 2.83. The normalized spacial score (nSPS) is 12.4. The Morgan fingerprint density at radius 3 is 2.57 bits per heavy atom. The lowest BCUT2D eigenvalue weighted by Crippen LogP contribution is -2.29. The van der Waals surface area contributed by atoms with Crippen molar-refractivity contribution >= 4 is 17.6 Å². The zero-order chi connectivity index (χ0) is 10.4. The monoisotopic (exact) mass is 213 g/mol. The predicted molar refractivity (Wildman–Crippen MR) is 55.5 cm³/mol. The first-order valence-corrected chi connectivity index (χ1v) is 4.86. The van der Waals surface area contributed by atoms with Gasteiger partial charge in [-0.2, -0.15) is 0 Å². The van der Waals surface area contributed by atoms with Crippen LogP contribution in [-0.2, 0) is 4.79 Å². The van der Waals surface area contributed by atoms with Gasteiger partial charge in [-0.05, 0) is 5.56 Å². The average molecular weight is 214 g/mol. The zero-order valence-electron chi connectivity index (χ0n) is 7.61. The molecule has 0 aliphatic heterocycles. The summed E-state index contributed by atoms with van der Waals surface area (Å²) in [6, 6.07) is 8.36. The highest BCUT2D eigenvalue weighted by molar-refractivity contribution is 6.18. The maximum absolute atomic E-state index is 10.9. The molecule has 0 bridgehead atoms. The van der Waals surface area contributed by atoms with Gasteiger partial charge in [0.25, 0.3) is 0 Å². The number of carbonyl (C=O) groups is 1. The molecule has 4 heteroatoms. The minimum atomic E-state index is -0.888. The predicted octanol–water partition coefficient (Wildman–Crippen LogP) is 1.64. The summed E-state index contributed by atoms with van der Waals surface area (Å²) in [6.45, 7) is 0.480. The molecule has 76 valence electrons. The summed E-state index contributed by atoms with van der Waals surface area (Å²) in [7, 11) is 0. The highest BCUT2D eigenvalue weighted by Crippen LogP contribution is 2.11. The van der Waals surface area contributed by atoms with Crippen LogP contribution < -0.4 is 5.32 Å². The van der Waals surface area contributed by atoms with E-state index in [1.807, 2.05) is 18.2 Å². The summed E-state index contributed by atoms with van der Waals surface area (Å²) >= 11 is 5.48. The number of hydrogen-bond acceptors (Lipinski definition) is 2. The minimum absolute atomic E-state index is 0.399. The third-order valence-electron chi connectivity index (χ3n) is 1.82. The Kier molecular flexibility index (Phi) is 4.43. The lowest BCUT2D eigenvalue weighted by Gasteiger charge is -2.13. The van der Waals surface area contributed by atoms with Crippen molar-refractivity contribution < 1.29 is 9.90 Å². The highest BCUT2D eigenvalue weighted by atomic mass is 35.5. The Bertz CT molecular complexity index is 289. The summed E-state index contributed by atoms with van der Waals surface area (Å²) in [6.07, 6.45) is 0. The van der Waals surface area contributed by atoms with Crippen LogP contribution in [0.15, 0.2) is 30.3 Å². The quantitative estimate of drug-likeness (QED) is 0.732. The van der Waals surface area contributed by atoms with Crippen molar-refractivity contribution in [2.75, 3.05) is 12.4 Å². The van der Waals surface area contributed by atoms with Gasteiger partial charge in [0.2, 0.25) is 0 Å². The average Bonchev–Trinajstić information content (AvgIpc) is 2.19. The van der Waals surface area contributed by atoms with Crippen LogP contribution in [0.4, 0.5) is 0 Å². The molecule has 14 heavy (non-hydrogen) atoms. The molecule has 2 N–H and O–H groups in total. The molecule has 1 aromatic rings. The summed E-state index contributed by atoms with van der Waals surface area (Å²) in [4.78, 5) is 10.9. The zero-order valence-corrected chi connectivity index (χ0v) is 8.37. The van der Waals surface area contributed by atoms with Crippen LogP contribution in [0, 0.1) is 0 Å². The second-order valence-corrected chi connectivity index (χ2v) is 3.20. The fraction of sp³-hybridized carbons (Fsp3) is 0.300. The van der Waals surface area contributed by atoms with Crippen LogP contribution in [0.5, 0.6) is 0 Å². The number of alkyl halides is 1. The molecular formula is C10H12ClNO2. The van der Waals surface area contributed by atoms with E-state index >= 15 is 0 Å². The fourth-order valence-electron chi connectivity index (χ4n) is 1.19. The first-order valence-electron chi connectivity index (χ1n) is 4.33. The smallest absolute Gasteiger partial charge is 0.325 e. The molecule has 3 nitrogen and oxygen atoms in total. The van der Waals surface area contributed by atoms with Gasteiger partial charge in [-0.1, -0.05) is 30.3 Å². The topological polar surface area (TPSA) is 49.3 Å². The molecule has 0 radical (unpaired) electrons. The van der Waals surface area contributed by atoms with Gasteiger partial charge in [-0.3, -0.25) is 10.1 Å². The Morgan fingerprint density at radius 2 is 2.07 bits per heavy atom. The Hall–Kier alpha value is -1.06. The van der Waals surface area contributed by atoms with Crippen molar-refractivity contribution in [1.82, 2.24) is 5.32 Å². The van der Waals surface area contributed by atoms with E-state index in [9.17, 15) is 4.79 Å². The molecule has 0 spiro atoms. The molecular weight excluding hydrogens is 202 g/mol. The number of aliphatic carboxylic acids is 1. The summed E-state index contributed by atoms with van der Waals surface area (Å²) in [5.74, 6) is -0.488. The van der Waals surface area contributed by atoms with E-state index < -0.39 is 12.0 Å². The molecule has 1 atom stereocenters. The van der Waals surface area contributed by atoms with E-state index in [1.165, 1.54) is 0 Å². The van der Waals surface area contributed by atoms with Crippen molar-refractivity contribution in [1.29, 1.82) is 0 Å². The molecule has 0 amide bonds. The molecule has 0 saturated carbocycles. The number of rotatable bonds is 5. The van der Waals surface area contributed by atoms with E-state index in [0.717, 1.165) is 5.56 Å². The van der Waals surface area contributed by atoms with Crippen molar-refractivity contribution in [2.24, 2.45) is 0 Å². The summed E-state index contributed by atoms with van der Waals surface area (Å²) in [5.41, 5.74) is 0.741. The van der Waals surface area contributed by atoms with Crippen LogP contribution >= 0.6 is 11.6 Å². The van der Waals surface area contributed by atoms with E-state index in [1.54, 1.807) is 12.1 Å². The van der Waals surface area contributed by atoms with Gasteiger partial charge in [-0.15, -0.1) is 11.6 Å². The molecule has 0 aliphatic rings. The Morgan fingerprint density at radius 1 is 1.43 bits per heavy atom. The number of carboxylic acids is 1. The number of hydrogen-bond donors (Lipinski definition) is 2. The van der Waals surface area contributed by atoms with E-state index in [2.05, 4.69) is 5.32 Å². The molecule has 0 aromatic heterocycles. The molecule has 0 fully saturated rings. The van der Waals surface area contributed by atoms with Gasteiger partial charge < -0.3 is 5.11 Å². The SMILES string of the molecule is O=C(O)C(NCCCl)c1ccccc1. The maximum Gasteiger partial charge on any atom is 0.325 e. The second kappa shape index (κ2) is 5.62. The standard InChI is InChI=1S/C10H12ClNO2/c11-6-7-12-9(10(13)14)8-4-2-1-3-5-8/h1-5,9,12H,6-7H2,(H,13,14). The lowest BCUT2D eigenvalue weighted by molar-refractivity contribution is -0.139. The van der Waals surface area contributed by atoms with E-state index in [4.69, 9.17) is 16.7 Å². The first-order chi connectivity index (χ1) is 6.75. The highest BCUT2D eigenvalue weighted by Gasteiger charge is 2.17. The number of benzene rings is 1. The third-order valence-corrected chi connectivity index (χ3v) is 2.01. The van der Waals surface area contributed by atoms with Gasteiger partial charge in [0.1, 0.15) is 6.04 Å². The van der Waals surface area contributed by atoms with Crippen molar-refractivity contribution in [3.8, 4) is 0 Å². The number of halogens is 1. The van der Waals surface area contributed by atoms with Crippen LogP contribution in [0.1, 0.15) is 11.6 Å². The molecule has 1 aromatic carbocycles. The Balaban J connectivity index is 2.73. The molecule has 0 heterocycles. The summed E-state index contributed by atoms with van der Waals surface area (Å²) < 4.78 is 0. The van der Waals surface area contributed by atoms with Crippen molar-refractivity contribution in [3.05, 3.63) is 35.9 Å². The van der Waals surface area contributed by atoms with Crippen molar-refractivity contribution in [2.45, 2.75) is 6.04 Å². The molecule has 0 aliphatic carbocycles. The maximum atomic E-state index is 10.9. The van der Waals surface area contributed by atoms with Crippen LogP contribution in [0.25, 0.3) is 0 Å². The molecule has 1 rings (SSSR count). The van der Waals surface area contributed by atoms with Gasteiger partial charge in [0.05, 0.1) is 0 Å². The van der Waals surface area contributed by atoms with Crippen LogP contribution in [-0.4, -0.2) is 23.5 Å². The lowest BCUT2D eigenvalue weighted by atomic mass is 10.1. The van der Waals surface area contributed by atoms with E-state index in [-0.39, 0.29) is 0 Å². The van der Waals surface area contributed by atoms with Gasteiger partial charge >= 0.3 is 5.97 Å². The number of nitrogens with one attached hydrogen (secondary N) is 1. The van der Waals surface area contributed by atoms with Gasteiger partial charge in [0.15, 0.2) is 0 Å². The number of carboxylic acid groups (broad SMARTS) is 1. The minimum Gasteiger partial charge on any atom is -0.480 e. The summed E-state index contributed by atoms with van der Waals surface area (Å²) in [5, 5.41) is 11.8. The van der Waals surface area contributed by atoms with Crippen LogP contribution in [0.3, 0.4) is 0 Å². The van der Waals surface area contributed by atoms with Gasteiger partial charge in [0, 0.05) is 12.4 Å².